The molecule has 1 aromatic carbocycles. The Kier molecular flexibility index (Phi) is 3.40. The Morgan fingerprint density at radius 3 is 2.72 bits per heavy atom. The third kappa shape index (κ3) is 2.45. The van der Waals surface area contributed by atoms with Gasteiger partial charge in [-0.1, -0.05) is 49.1 Å². The van der Waals surface area contributed by atoms with Gasteiger partial charge in [-0.2, -0.15) is 0 Å². The minimum Gasteiger partial charge on any atom is -0.370 e. The molecule has 1 aliphatic carbocycles. The number of nitrogens with one attached hydrogen (secondary N) is 1. The zero-order chi connectivity index (χ0) is 12.4. The van der Waals surface area contributed by atoms with Gasteiger partial charge in [-0.15, -0.1) is 0 Å². The fourth-order valence-electron chi connectivity index (χ4n) is 3.31. The largest absolute Gasteiger partial charge is 0.370 e. The molecule has 3 rings (SSSR count). The van der Waals surface area contributed by atoms with Crippen LogP contribution >= 0.6 is 0 Å². The number of ether oxygens (including phenoxy) is 1. The maximum Gasteiger partial charge on any atom is 0.0950 e. The van der Waals surface area contributed by atoms with Gasteiger partial charge >= 0.3 is 0 Å². The zero-order valence-corrected chi connectivity index (χ0v) is 11.2. The predicted molar refractivity (Wildman–Crippen MR) is 73.7 cm³/mol. The molecule has 1 spiro atoms. The SMILES string of the molecule is Cc1cccc(C2CNC3(CCCCC3)CO2)c1. The molecule has 1 aliphatic heterocycles. The van der Waals surface area contributed by atoms with E-state index >= 15 is 0 Å². The van der Waals surface area contributed by atoms with Crippen molar-refractivity contribution in [2.45, 2.75) is 50.7 Å². The van der Waals surface area contributed by atoms with Crippen molar-refractivity contribution in [1.82, 2.24) is 5.32 Å². The van der Waals surface area contributed by atoms with Crippen LogP contribution in [0.25, 0.3) is 0 Å². The van der Waals surface area contributed by atoms with Crippen molar-refractivity contribution in [2.24, 2.45) is 0 Å². The van der Waals surface area contributed by atoms with Crippen LogP contribution in [0.1, 0.15) is 49.3 Å². The average Bonchev–Trinajstić information content (AvgIpc) is 2.40. The molecule has 0 bridgehead atoms. The molecule has 2 nitrogen and oxygen atoms in total. The molecule has 0 aromatic heterocycles. The van der Waals surface area contributed by atoms with Gasteiger partial charge < -0.3 is 10.1 Å². The minimum atomic E-state index is 0.234. The molecule has 1 saturated heterocycles. The lowest BCUT2D eigenvalue weighted by molar-refractivity contribution is -0.0466. The Hall–Kier alpha value is -0.860. The predicted octanol–water partition coefficient (Wildman–Crippen LogP) is 3.36. The molecular formula is C16H23NO. The van der Waals surface area contributed by atoms with Crippen molar-refractivity contribution in [1.29, 1.82) is 0 Å². The first-order valence-electron chi connectivity index (χ1n) is 7.21. The monoisotopic (exact) mass is 245 g/mol. The first-order chi connectivity index (χ1) is 8.77. The van der Waals surface area contributed by atoms with Crippen LogP contribution in [-0.4, -0.2) is 18.7 Å². The van der Waals surface area contributed by atoms with Gasteiger partial charge in [0.25, 0.3) is 0 Å². The van der Waals surface area contributed by atoms with E-state index in [1.807, 2.05) is 0 Å². The van der Waals surface area contributed by atoms with Gasteiger partial charge in [0.15, 0.2) is 0 Å². The Balaban J connectivity index is 1.66. The molecule has 2 fully saturated rings. The van der Waals surface area contributed by atoms with E-state index in [4.69, 9.17) is 4.74 Å². The highest BCUT2D eigenvalue weighted by Gasteiger charge is 2.36. The van der Waals surface area contributed by atoms with Gasteiger partial charge in [-0.05, 0) is 25.3 Å². The molecule has 98 valence electrons. The van der Waals surface area contributed by atoms with Crippen LogP contribution in [0.4, 0.5) is 0 Å². The van der Waals surface area contributed by atoms with Crippen molar-refractivity contribution < 1.29 is 4.74 Å². The number of hydrogen-bond donors (Lipinski definition) is 1. The minimum absolute atomic E-state index is 0.234. The van der Waals surface area contributed by atoms with Gasteiger partial charge in [-0.25, -0.2) is 0 Å². The summed E-state index contributed by atoms with van der Waals surface area (Å²) in [7, 11) is 0. The molecule has 1 N–H and O–H groups in total. The summed E-state index contributed by atoms with van der Waals surface area (Å²) in [6, 6.07) is 8.69. The maximum atomic E-state index is 6.15. The van der Waals surface area contributed by atoms with Gasteiger partial charge in [0.2, 0.25) is 0 Å². The second kappa shape index (κ2) is 5.02. The summed E-state index contributed by atoms with van der Waals surface area (Å²) in [5, 5.41) is 3.78. The van der Waals surface area contributed by atoms with E-state index in [2.05, 4.69) is 36.5 Å². The summed E-state index contributed by atoms with van der Waals surface area (Å²) in [6.07, 6.45) is 6.90. The molecule has 18 heavy (non-hydrogen) atoms. The lowest BCUT2D eigenvalue weighted by atomic mass is 9.81. The van der Waals surface area contributed by atoms with E-state index in [0.29, 0.717) is 5.54 Å². The van der Waals surface area contributed by atoms with E-state index < -0.39 is 0 Å². The highest BCUT2D eigenvalue weighted by Crippen LogP contribution is 2.33. The van der Waals surface area contributed by atoms with Gasteiger partial charge in [0.1, 0.15) is 0 Å². The lowest BCUT2D eigenvalue weighted by Crippen LogP contribution is -2.55. The van der Waals surface area contributed by atoms with Crippen LogP contribution < -0.4 is 5.32 Å². The standard InChI is InChI=1S/C16H23NO/c1-13-6-5-7-14(10-13)15-11-17-16(12-18-15)8-3-2-4-9-16/h5-7,10,15,17H,2-4,8-9,11-12H2,1H3. The van der Waals surface area contributed by atoms with Crippen molar-refractivity contribution in [3.63, 3.8) is 0 Å². The summed E-state index contributed by atoms with van der Waals surface area (Å²) >= 11 is 0. The molecule has 1 atom stereocenters. The first kappa shape index (κ1) is 12.2. The number of aryl methyl sites for hydroxylation is 1. The fourth-order valence-corrected chi connectivity index (χ4v) is 3.31. The summed E-state index contributed by atoms with van der Waals surface area (Å²) in [4.78, 5) is 0. The van der Waals surface area contributed by atoms with Gasteiger partial charge in [-0.3, -0.25) is 0 Å². The van der Waals surface area contributed by atoms with Crippen LogP contribution in [0.5, 0.6) is 0 Å². The molecule has 0 amide bonds. The summed E-state index contributed by atoms with van der Waals surface area (Å²) in [5.74, 6) is 0. The molecule has 1 aromatic rings. The van der Waals surface area contributed by atoms with Crippen LogP contribution in [0, 0.1) is 6.92 Å². The Bertz CT molecular complexity index is 399. The molecule has 1 unspecified atom stereocenters. The van der Waals surface area contributed by atoms with Crippen molar-refractivity contribution in [3.8, 4) is 0 Å². The Morgan fingerprint density at radius 1 is 1.22 bits per heavy atom. The number of morpholine rings is 1. The number of hydrogen-bond acceptors (Lipinski definition) is 2. The molecule has 2 aliphatic rings. The third-order valence-electron chi connectivity index (χ3n) is 4.45. The lowest BCUT2D eigenvalue weighted by Gasteiger charge is -2.43. The summed E-state index contributed by atoms with van der Waals surface area (Å²) < 4.78 is 6.15. The fraction of sp³-hybridized carbons (Fsp3) is 0.625. The van der Waals surface area contributed by atoms with E-state index in [1.165, 1.54) is 43.2 Å². The molecular weight excluding hydrogens is 222 g/mol. The average molecular weight is 245 g/mol. The van der Waals surface area contributed by atoms with Crippen LogP contribution in [-0.2, 0) is 4.74 Å². The molecule has 1 heterocycles. The van der Waals surface area contributed by atoms with E-state index in [0.717, 1.165) is 13.2 Å². The third-order valence-corrected chi connectivity index (χ3v) is 4.45. The van der Waals surface area contributed by atoms with E-state index in [9.17, 15) is 0 Å². The highest BCUT2D eigenvalue weighted by atomic mass is 16.5. The summed E-state index contributed by atoms with van der Waals surface area (Å²) in [6.45, 7) is 3.98. The first-order valence-corrected chi connectivity index (χ1v) is 7.21. The Morgan fingerprint density at radius 2 is 2.06 bits per heavy atom. The molecule has 1 saturated carbocycles. The highest BCUT2D eigenvalue weighted by molar-refractivity contribution is 5.25. The Labute approximate surface area is 110 Å². The number of rotatable bonds is 1. The van der Waals surface area contributed by atoms with Crippen molar-refractivity contribution in [3.05, 3.63) is 35.4 Å². The smallest absolute Gasteiger partial charge is 0.0950 e. The van der Waals surface area contributed by atoms with Crippen molar-refractivity contribution in [2.75, 3.05) is 13.2 Å². The van der Waals surface area contributed by atoms with Crippen molar-refractivity contribution >= 4 is 0 Å². The van der Waals surface area contributed by atoms with Crippen LogP contribution in [0.3, 0.4) is 0 Å². The van der Waals surface area contributed by atoms with Crippen LogP contribution in [0.2, 0.25) is 0 Å². The van der Waals surface area contributed by atoms with Crippen LogP contribution in [0.15, 0.2) is 24.3 Å². The topological polar surface area (TPSA) is 21.3 Å². The summed E-state index contributed by atoms with van der Waals surface area (Å²) in [5.41, 5.74) is 2.92. The second-order valence-corrected chi connectivity index (χ2v) is 5.94. The second-order valence-electron chi connectivity index (χ2n) is 5.94. The number of benzene rings is 1. The molecule has 2 heteroatoms. The normalized spacial score (nSPS) is 27.3. The quantitative estimate of drug-likeness (QED) is 0.819. The zero-order valence-electron chi connectivity index (χ0n) is 11.2. The van der Waals surface area contributed by atoms with E-state index in [-0.39, 0.29) is 6.10 Å². The van der Waals surface area contributed by atoms with E-state index in [1.54, 1.807) is 0 Å². The molecule has 0 radical (unpaired) electrons. The van der Waals surface area contributed by atoms with Gasteiger partial charge in [0, 0.05) is 12.1 Å². The maximum absolute atomic E-state index is 6.15. The van der Waals surface area contributed by atoms with Gasteiger partial charge in [0.05, 0.1) is 12.7 Å².